The molecular formula is C27H38N2O2. The van der Waals surface area contributed by atoms with E-state index in [9.17, 15) is 9.59 Å². The van der Waals surface area contributed by atoms with Crippen LogP contribution in [0.4, 0.5) is 0 Å². The van der Waals surface area contributed by atoms with Gasteiger partial charge in [0.15, 0.2) is 0 Å². The van der Waals surface area contributed by atoms with E-state index in [0.29, 0.717) is 19.4 Å². The molecule has 31 heavy (non-hydrogen) atoms. The molecule has 2 aromatic rings. The molecule has 0 bridgehead atoms. The van der Waals surface area contributed by atoms with Crippen molar-refractivity contribution < 1.29 is 9.59 Å². The van der Waals surface area contributed by atoms with E-state index in [2.05, 4.69) is 50.4 Å². The summed E-state index contributed by atoms with van der Waals surface area (Å²) in [6.45, 7) is 14.6. The van der Waals surface area contributed by atoms with Crippen molar-refractivity contribution in [2.75, 3.05) is 0 Å². The third kappa shape index (κ3) is 7.86. The normalized spacial score (nSPS) is 12.9. The molecule has 2 rings (SSSR count). The van der Waals surface area contributed by atoms with Gasteiger partial charge in [-0.2, -0.15) is 0 Å². The number of hydrogen-bond acceptors (Lipinski definition) is 2. The van der Waals surface area contributed by atoms with E-state index in [4.69, 9.17) is 0 Å². The van der Waals surface area contributed by atoms with Crippen LogP contribution in [0.5, 0.6) is 0 Å². The number of carbonyl (C=O) groups excluding carboxylic acids is 2. The van der Waals surface area contributed by atoms with E-state index in [1.165, 1.54) is 5.56 Å². The van der Waals surface area contributed by atoms with Gasteiger partial charge >= 0.3 is 0 Å². The maximum absolute atomic E-state index is 13.2. The minimum absolute atomic E-state index is 0.0136. The molecule has 0 spiro atoms. The number of aryl methyl sites for hydroxylation is 1. The lowest BCUT2D eigenvalue weighted by molar-refractivity contribution is -0.141. The number of amides is 2. The molecule has 168 valence electrons. The van der Waals surface area contributed by atoms with Crippen molar-refractivity contribution in [2.45, 2.75) is 84.8 Å². The molecule has 0 aliphatic carbocycles. The summed E-state index contributed by atoms with van der Waals surface area (Å²) in [5, 5.41) is 3.00. The van der Waals surface area contributed by atoms with Crippen LogP contribution in [0, 0.1) is 0 Å². The predicted octanol–water partition coefficient (Wildman–Crippen LogP) is 5.25. The molecule has 2 aromatic carbocycles. The van der Waals surface area contributed by atoms with Crippen molar-refractivity contribution in [1.82, 2.24) is 10.2 Å². The Bertz CT molecular complexity index is 859. The standard InChI is InChI=1S/C27H38N2O2/c1-20(25(31)28-27(5,6)7)29(19-22-11-9-8-10-12-22)24(30)18-15-21-13-16-23(17-14-21)26(2,3)4/h8-14,16-17,20H,15,18-19H2,1-7H3,(H,28,31)/t20-/m0/s1. The molecule has 0 saturated heterocycles. The van der Waals surface area contributed by atoms with Gasteiger partial charge in [0.05, 0.1) is 0 Å². The van der Waals surface area contributed by atoms with Crippen LogP contribution in [0.3, 0.4) is 0 Å². The Morgan fingerprint density at radius 3 is 1.97 bits per heavy atom. The van der Waals surface area contributed by atoms with Crippen molar-refractivity contribution in [3.8, 4) is 0 Å². The van der Waals surface area contributed by atoms with E-state index in [0.717, 1.165) is 11.1 Å². The summed E-state index contributed by atoms with van der Waals surface area (Å²) in [7, 11) is 0. The molecule has 0 heterocycles. The Morgan fingerprint density at radius 2 is 1.45 bits per heavy atom. The van der Waals surface area contributed by atoms with Crippen LogP contribution in [-0.2, 0) is 28.0 Å². The van der Waals surface area contributed by atoms with E-state index in [1.807, 2.05) is 51.1 Å². The van der Waals surface area contributed by atoms with E-state index in [-0.39, 0.29) is 22.8 Å². The molecule has 0 fully saturated rings. The first-order valence-corrected chi connectivity index (χ1v) is 11.1. The smallest absolute Gasteiger partial charge is 0.242 e. The summed E-state index contributed by atoms with van der Waals surface area (Å²) in [6, 6.07) is 17.8. The summed E-state index contributed by atoms with van der Waals surface area (Å²) in [5.74, 6) is -0.147. The van der Waals surface area contributed by atoms with Gasteiger partial charge in [0, 0.05) is 18.5 Å². The van der Waals surface area contributed by atoms with Crippen LogP contribution in [-0.4, -0.2) is 28.3 Å². The van der Waals surface area contributed by atoms with E-state index >= 15 is 0 Å². The zero-order valence-corrected chi connectivity index (χ0v) is 20.2. The minimum atomic E-state index is -0.546. The summed E-state index contributed by atoms with van der Waals surface area (Å²) >= 11 is 0. The van der Waals surface area contributed by atoms with Gasteiger partial charge < -0.3 is 10.2 Å². The van der Waals surface area contributed by atoms with Crippen molar-refractivity contribution in [2.24, 2.45) is 0 Å². The fourth-order valence-corrected chi connectivity index (χ4v) is 3.40. The number of nitrogens with one attached hydrogen (secondary N) is 1. The molecule has 4 nitrogen and oxygen atoms in total. The van der Waals surface area contributed by atoms with Gasteiger partial charge in [0.1, 0.15) is 6.04 Å². The van der Waals surface area contributed by atoms with Gasteiger partial charge in [-0.1, -0.05) is 75.4 Å². The number of hydrogen-bond donors (Lipinski definition) is 1. The van der Waals surface area contributed by atoms with Crippen LogP contribution < -0.4 is 5.32 Å². The Morgan fingerprint density at radius 1 is 0.871 bits per heavy atom. The number of rotatable bonds is 7. The van der Waals surface area contributed by atoms with Crippen LogP contribution in [0.15, 0.2) is 54.6 Å². The maximum atomic E-state index is 13.2. The Kier molecular flexibility index (Phi) is 8.05. The first kappa shape index (κ1) is 24.6. The van der Waals surface area contributed by atoms with Crippen LogP contribution in [0.2, 0.25) is 0 Å². The molecule has 0 unspecified atom stereocenters. The van der Waals surface area contributed by atoms with Crippen molar-refractivity contribution >= 4 is 11.8 Å². The van der Waals surface area contributed by atoms with Crippen LogP contribution >= 0.6 is 0 Å². The monoisotopic (exact) mass is 422 g/mol. The first-order valence-electron chi connectivity index (χ1n) is 11.1. The predicted molar refractivity (Wildman–Crippen MR) is 128 cm³/mol. The highest BCUT2D eigenvalue weighted by Crippen LogP contribution is 2.22. The van der Waals surface area contributed by atoms with Crippen molar-refractivity contribution in [3.05, 3.63) is 71.3 Å². The second kappa shape index (κ2) is 10.1. The lowest BCUT2D eigenvalue weighted by atomic mass is 9.86. The number of benzene rings is 2. The molecule has 0 saturated carbocycles. The van der Waals surface area contributed by atoms with Gasteiger partial charge in [-0.25, -0.2) is 0 Å². The van der Waals surface area contributed by atoms with Gasteiger partial charge in [-0.05, 0) is 56.2 Å². The lowest BCUT2D eigenvalue weighted by Gasteiger charge is -2.31. The second-order valence-electron chi connectivity index (χ2n) is 10.4. The third-order valence-corrected chi connectivity index (χ3v) is 5.31. The van der Waals surface area contributed by atoms with Gasteiger partial charge in [-0.15, -0.1) is 0 Å². The maximum Gasteiger partial charge on any atom is 0.242 e. The first-order chi connectivity index (χ1) is 14.4. The highest BCUT2D eigenvalue weighted by molar-refractivity contribution is 5.87. The fourth-order valence-electron chi connectivity index (χ4n) is 3.40. The molecule has 2 amide bonds. The van der Waals surface area contributed by atoms with Crippen LogP contribution in [0.1, 0.15) is 71.6 Å². The molecule has 4 heteroatoms. The Hall–Kier alpha value is -2.62. The lowest BCUT2D eigenvalue weighted by Crippen LogP contribution is -2.52. The van der Waals surface area contributed by atoms with Gasteiger partial charge in [0.2, 0.25) is 11.8 Å². The summed E-state index contributed by atoms with van der Waals surface area (Å²) in [6.07, 6.45) is 1.02. The average Bonchev–Trinajstić information content (AvgIpc) is 2.69. The van der Waals surface area contributed by atoms with Gasteiger partial charge in [0.25, 0.3) is 0 Å². The summed E-state index contributed by atoms with van der Waals surface area (Å²) in [4.78, 5) is 27.7. The molecule has 1 N–H and O–H groups in total. The van der Waals surface area contributed by atoms with E-state index < -0.39 is 6.04 Å². The van der Waals surface area contributed by atoms with Gasteiger partial charge in [-0.3, -0.25) is 9.59 Å². The quantitative estimate of drug-likeness (QED) is 0.663. The fraction of sp³-hybridized carbons (Fsp3) is 0.481. The molecular weight excluding hydrogens is 384 g/mol. The summed E-state index contributed by atoms with van der Waals surface area (Å²) < 4.78 is 0. The molecule has 0 radical (unpaired) electrons. The molecule has 0 aromatic heterocycles. The summed E-state index contributed by atoms with van der Waals surface area (Å²) in [5.41, 5.74) is 3.19. The third-order valence-electron chi connectivity index (χ3n) is 5.31. The van der Waals surface area contributed by atoms with Crippen molar-refractivity contribution in [3.63, 3.8) is 0 Å². The van der Waals surface area contributed by atoms with E-state index in [1.54, 1.807) is 11.8 Å². The Balaban J connectivity index is 2.12. The second-order valence-corrected chi connectivity index (χ2v) is 10.4. The average molecular weight is 423 g/mol. The van der Waals surface area contributed by atoms with Crippen molar-refractivity contribution in [1.29, 1.82) is 0 Å². The zero-order chi connectivity index (χ0) is 23.2. The topological polar surface area (TPSA) is 49.4 Å². The minimum Gasteiger partial charge on any atom is -0.350 e. The molecule has 0 aliphatic heterocycles. The Labute approximate surface area is 188 Å². The number of nitrogens with zero attached hydrogens (tertiary/aromatic N) is 1. The SMILES string of the molecule is C[C@@H](C(=O)NC(C)(C)C)N(Cc1ccccc1)C(=O)CCc1ccc(C(C)(C)C)cc1. The highest BCUT2D eigenvalue weighted by Gasteiger charge is 2.28. The molecule has 1 atom stereocenters. The molecule has 0 aliphatic rings. The highest BCUT2D eigenvalue weighted by atomic mass is 16.2. The zero-order valence-electron chi connectivity index (χ0n) is 20.2. The number of carbonyl (C=O) groups is 2. The van der Waals surface area contributed by atoms with Crippen LogP contribution in [0.25, 0.3) is 0 Å². The largest absolute Gasteiger partial charge is 0.350 e.